The van der Waals surface area contributed by atoms with Gasteiger partial charge in [-0.3, -0.25) is 0 Å². The Kier molecular flexibility index (Phi) is 5.56. The molecular weight excluding hydrogens is 362 g/mol. The Labute approximate surface area is 145 Å². The first-order valence-electron chi connectivity index (χ1n) is 7.22. The molecule has 0 aliphatic carbocycles. The van der Waals surface area contributed by atoms with Crippen LogP contribution in [0.25, 0.3) is 11.1 Å². The maximum atomic E-state index is 13.8. The number of nitrogens with one attached hydrogen (secondary N) is 1. The van der Waals surface area contributed by atoms with E-state index in [4.69, 9.17) is 0 Å². The molecule has 1 unspecified atom stereocenters. The zero-order valence-electron chi connectivity index (χ0n) is 13.3. The highest BCUT2D eigenvalue weighted by Gasteiger charge is 2.31. The second-order valence-corrected chi connectivity index (χ2v) is 6.11. The predicted molar refractivity (Wildman–Crippen MR) is 86.1 cm³/mol. The van der Waals surface area contributed by atoms with Gasteiger partial charge in [0.15, 0.2) is 5.75 Å². The molecule has 2 N–H and O–H groups in total. The molecule has 1 aromatic heterocycles. The van der Waals surface area contributed by atoms with E-state index in [9.17, 15) is 27.5 Å². The first-order chi connectivity index (χ1) is 11.7. The molecule has 0 saturated heterocycles. The first-order valence-corrected chi connectivity index (χ1v) is 8.03. The van der Waals surface area contributed by atoms with E-state index < -0.39 is 34.6 Å². The topological polar surface area (TPSA) is 58.6 Å². The molecule has 0 fully saturated rings. The number of esters is 1. The van der Waals surface area contributed by atoms with Crippen molar-refractivity contribution in [2.75, 3.05) is 12.4 Å². The summed E-state index contributed by atoms with van der Waals surface area (Å²) in [6.45, 7) is 1.68. The quantitative estimate of drug-likeness (QED) is 0.589. The van der Waals surface area contributed by atoms with Crippen LogP contribution in [0.15, 0.2) is 24.3 Å². The van der Waals surface area contributed by atoms with Crippen LogP contribution in [-0.2, 0) is 15.7 Å². The Bertz CT molecular complexity index is 773. The Balaban J connectivity index is 2.50. The molecule has 1 heterocycles. The lowest BCUT2D eigenvalue weighted by atomic mass is 10.0. The molecule has 2 rings (SSSR count). The van der Waals surface area contributed by atoms with Gasteiger partial charge in [-0.2, -0.15) is 17.6 Å². The molecule has 0 saturated carbocycles. The van der Waals surface area contributed by atoms with Gasteiger partial charge in [-0.05, 0) is 24.1 Å². The molecule has 0 spiro atoms. The van der Waals surface area contributed by atoms with Gasteiger partial charge in [0.1, 0.15) is 11.0 Å². The molecule has 136 valence electrons. The average molecular weight is 377 g/mol. The van der Waals surface area contributed by atoms with Crippen LogP contribution in [-0.4, -0.2) is 24.2 Å². The summed E-state index contributed by atoms with van der Waals surface area (Å²) in [5, 5.41) is 11.8. The van der Waals surface area contributed by atoms with Gasteiger partial charge >= 0.3 is 12.1 Å². The minimum atomic E-state index is -4.58. The van der Waals surface area contributed by atoms with E-state index in [2.05, 4.69) is 10.1 Å². The van der Waals surface area contributed by atoms with Crippen LogP contribution in [0.4, 0.5) is 22.6 Å². The van der Waals surface area contributed by atoms with Crippen molar-refractivity contribution in [2.45, 2.75) is 25.6 Å². The monoisotopic (exact) mass is 377 g/mol. The third kappa shape index (κ3) is 4.04. The van der Waals surface area contributed by atoms with Crippen molar-refractivity contribution >= 4 is 22.3 Å². The molecule has 9 heteroatoms. The summed E-state index contributed by atoms with van der Waals surface area (Å²) in [5.41, 5.74) is -1.08. The Morgan fingerprint density at radius 2 is 2.08 bits per heavy atom. The smallest absolute Gasteiger partial charge is 0.416 e. The second kappa shape index (κ2) is 7.30. The Hall–Kier alpha value is -2.29. The summed E-state index contributed by atoms with van der Waals surface area (Å²) in [6, 6.07) is 3.34. The van der Waals surface area contributed by atoms with E-state index in [1.54, 1.807) is 6.92 Å². The third-order valence-electron chi connectivity index (χ3n) is 3.52. The standard InChI is InChI=1S/C16H15F4NO3S/c1-3-10(15(23)24-2)21-14-11(12(22)13(17)25-14)8-5-4-6-9(7-8)16(18,19)20/h4-7,10,21-22H,3H2,1-2H3. The van der Waals surface area contributed by atoms with Crippen molar-refractivity contribution in [3.63, 3.8) is 0 Å². The van der Waals surface area contributed by atoms with Crippen LogP contribution >= 0.6 is 11.3 Å². The molecule has 0 amide bonds. The number of halogens is 4. The van der Waals surface area contributed by atoms with Gasteiger partial charge in [0.25, 0.3) is 0 Å². The number of ether oxygens (including phenoxy) is 1. The number of carbonyl (C=O) groups is 1. The zero-order chi connectivity index (χ0) is 18.8. The fraction of sp³-hybridized carbons (Fsp3) is 0.312. The average Bonchev–Trinajstić information content (AvgIpc) is 2.85. The minimum Gasteiger partial charge on any atom is -0.504 e. The number of carbonyl (C=O) groups excluding carboxylic acids is 1. The number of anilines is 1. The highest BCUT2D eigenvalue weighted by atomic mass is 32.1. The van der Waals surface area contributed by atoms with Crippen LogP contribution in [0.1, 0.15) is 18.9 Å². The normalized spacial score (nSPS) is 12.7. The lowest BCUT2D eigenvalue weighted by molar-refractivity contribution is -0.141. The lowest BCUT2D eigenvalue weighted by Gasteiger charge is -2.16. The summed E-state index contributed by atoms with van der Waals surface area (Å²) < 4.78 is 57.2. The number of thiophene rings is 1. The van der Waals surface area contributed by atoms with Gasteiger partial charge < -0.3 is 15.2 Å². The highest BCUT2D eigenvalue weighted by molar-refractivity contribution is 7.15. The molecule has 4 nitrogen and oxygen atoms in total. The molecule has 0 radical (unpaired) electrons. The second-order valence-electron chi connectivity index (χ2n) is 5.14. The highest BCUT2D eigenvalue weighted by Crippen LogP contribution is 2.46. The van der Waals surface area contributed by atoms with E-state index in [0.29, 0.717) is 17.8 Å². The van der Waals surface area contributed by atoms with Crippen LogP contribution in [0, 0.1) is 5.13 Å². The number of aromatic hydroxyl groups is 1. The van der Waals surface area contributed by atoms with E-state index >= 15 is 0 Å². The summed E-state index contributed by atoms with van der Waals surface area (Å²) in [6.07, 6.45) is -4.28. The number of alkyl halides is 3. The van der Waals surface area contributed by atoms with Crippen molar-refractivity contribution in [1.82, 2.24) is 0 Å². The largest absolute Gasteiger partial charge is 0.504 e. The van der Waals surface area contributed by atoms with Gasteiger partial charge in [-0.25, -0.2) is 4.79 Å². The molecule has 1 aromatic carbocycles. The lowest BCUT2D eigenvalue weighted by Crippen LogP contribution is -2.29. The molecule has 0 bridgehead atoms. The van der Waals surface area contributed by atoms with Crippen LogP contribution in [0.5, 0.6) is 5.75 Å². The van der Waals surface area contributed by atoms with Crippen LogP contribution in [0.3, 0.4) is 0 Å². The summed E-state index contributed by atoms with van der Waals surface area (Å²) in [4.78, 5) is 11.7. The van der Waals surface area contributed by atoms with Gasteiger partial charge in [0, 0.05) is 0 Å². The summed E-state index contributed by atoms with van der Waals surface area (Å²) in [7, 11) is 1.19. The molecule has 0 aliphatic rings. The number of hydrogen-bond donors (Lipinski definition) is 2. The van der Waals surface area contributed by atoms with Gasteiger partial charge in [0.05, 0.1) is 18.2 Å². The van der Waals surface area contributed by atoms with Crippen molar-refractivity contribution < 1.29 is 32.2 Å². The third-order valence-corrected chi connectivity index (χ3v) is 4.42. The van der Waals surface area contributed by atoms with E-state index in [-0.39, 0.29) is 16.1 Å². The molecule has 1 atom stereocenters. The van der Waals surface area contributed by atoms with E-state index in [1.165, 1.54) is 13.2 Å². The minimum absolute atomic E-state index is 0.0188. The fourth-order valence-electron chi connectivity index (χ4n) is 2.24. The molecule has 0 aliphatic heterocycles. The SMILES string of the molecule is CCC(Nc1sc(F)c(O)c1-c1cccc(C(F)(F)F)c1)C(=O)OC. The number of rotatable bonds is 5. The van der Waals surface area contributed by atoms with Gasteiger partial charge in [-0.1, -0.05) is 30.4 Å². The van der Waals surface area contributed by atoms with Crippen molar-refractivity contribution in [3.8, 4) is 16.9 Å². The number of benzene rings is 1. The maximum absolute atomic E-state index is 13.8. The predicted octanol–water partition coefficient (Wildman–Crippen LogP) is 4.64. The Morgan fingerprint density at radius 3 is 2.64 bits per heavy atom. The number of methoxy groups -OCH3 is 1. The maximum Gasteiger partial charge on any atom is 0.416 e. The number of hydrogen-bond acceptors (Lipinski definition) is 5. The zero-order valence-corrected chi connectivity index (χ0v) is 14.1. The summed E-state index contributed by atoms with van der Waals surface area (Å²) in [5.74, 6) is -1.38. The van der Waals surface area contributed by atoms with Gasteiger partial charge in [-0.15, -0.1) is 0 Å². The summed E-state index contributed by atoms with van der Waals surface area (Å²) >= 11 is 0.504. The molecule has 25 heavy (non-hydrogen) atoms. The van der Waals surface area contributed by atoms with Crippen LogP contribution in [0.2, 0.25) is 0 Å². The Morgan fingerprint density at radius 1 is 1.40 bits per heavy atom. The molecule has 2 aromatic rings. The van der Waals surface area contributed by atoms with Gasteiger partial charge in [0.2, 0.25) is 5.13 Å². The first kappa shape index (κ1) is 19.0. The van der Waals surface area contributed by atoms with E-state index in [0.717, 1.165) is 18.2 Å². The van der Waals surface area contributed by atoms with E-state index in [1.807, 2.05) is 0 Å². The molecular formula is C16H15F4NO3S. The fourth-order valence-corrected chi connectivity index (χ4v) is 3.14. The van der Waals surface area contributed by atoms with Crippen LogP contribution < -0.4 is 5.32 Å². The van der Waals surface area contributed by atoms with Crippen molar-refractivity contribution in [2.24, 2.45) is 0 Å². The van der Waals surface area contributed by atoms with Crippen molar-refractivity contribution in [1.29, 1.82) is 0 Å². The van der Waals surface area contributed by atoms with Crippen molar-refractivity contribution in [3.05, 3.63) is 35.0 Å².